The summed E-state index contributed by atoms with van der Waals surface area (Å²) in [7, 11) is -9.90. The smallest absolute Gasteiger partial charge is 0.462 e. The van der Waals surface area contributed by atoms with E-state index in [1.807, 2.05) is 0 Å². The van der Waals surface area contributed by atoms with Gasteiger partial charge < -0.3 is 33.8 Å². The summed E-state index contributed by atoms with van der Waals surface area (Å²) in [5, 5.41) is 10.6. The molecular weight excluding hydrogens is 1190 g/mol. The molecular formula is C71H138O17P2. The largest absolute Gasteiger partial charge is 0.472 e. The van der Waals surface area contributed by atoms with E-state index < -0.39 is 97.5 Å². The molecule has 0 aliphatic heterocycles. The van der Waals surface area contributed by atoms with E-state index in [-0.39, 0.29) is 25.7 Å². The van der Waals surface area contributed by atoms with Crippen LogP contribution in [0.5, 0.6) is 0 Å². The number of unbranched alkanes of at least 4 members (excludes halogenated alkanes) is 37. The van der Waals surface area contributed by atoms with Crippen molar-refractivity contribution in [3.63, 3.8) is 0 Å². The molecule has 0 aromatic rings. The van der Waals surface area contributed by atoms with Crippen LogP contribution in [-0.2, 0) is 65.4 Å². The number of carbonyl (C=O) groups excluding carboxylic acids is 4. The van der Waals surface area contributed by atoms with Crippen LogP contribution < -0.4 is 0 Å². The number of aliphatic hydroxyl groups excluding tert-OH is 1. The molecule has 17 nitrogen and oxygen atoms in total. The highest BCUT2D eigenvalue weighted by atomic mass is 31.2. The second-order valence-electron chi connectivity index (χ2n) is 27.1. The molecule has 0 saturated carbocycles. The molecule has 19 heteroatoms. The number of rotatable bonds is 69. The van der Waals surface area contributed by atoms with Gasteiger partial charge in [0.2, 0.25) is 0 Å². The Morgan fingerprint density at radius 3 is 0.756 bits per heavy atom. The minimum absolute atomic E-state index is 0.106. The predicted octanol–water partition coefficient (Wildman–Crippen LogP) is 20.2. The molecule has 0 heterocycles. The van der Waals surface area contributed by atoms with E-state index in [1.165, 1.54) is 161 Å². The number of ether oxygens (including phenoxy) is 4. The summed E-state index contributed by atoms with van der Waals surface area (Å²) in [6.07, 6.45) is 46.0. The van der Waals surface area contributed by atoms with E-state index in [2.05, 4.69) is 48.5 Å². The van der Waals surface area contributed by atoms with Gasteiger partial charge in [0, 0.05) is 25.7 Å². The Bertz CT molecular complexity index is 1770. The normalized spacial score (nSPS) is 14.2. The molecule has 3 N–H and O–H groups in total. The summed E-state index contributed by atoms with van der Waals surface area (Å²) in [6.45, 7) is 11.8. The summed E-state index contributed by atoms with van der Waals surface area (Å²) in [5.74, 6) is 0.0879. The Balaban J connectivity index is 5.20. The summed E-state index contributed by atoms with van der Waals surface area (Å²) in [4.78, 5) is 72.5. The lowest BCUT2D eigenvalue weighted by molar-refractivity contribution is -0.161. The van der Waals surface area contributed by atoms with Gasteiger partial charge in [0.15, 0.2) is 12.2 Å². The van der Waals surface area contributed by atoms with E-state index in [0.29, 0.717) is 31.6 Å². The predicted molar refractivity (Wildman–Crippen MR) is 363 cm³/mol. The maximum Gasteiger partial charge on any atom is 0.472 e. The molecule has 0 spiro atoms. The third-order valence-corrected chi connectivity index (χ3v) is 18.3. The van der Waals surface area contributed by atoms with E-state index >= 15 is 0 Å². The van der Waals surface area contributed by atoms with Gasteiger partial charge in [0.25, 0.3) is 0 Å². The minimum Gasteiger partial charge on any atom is -0.462 e. The van der Waals surface area contributed by atoms with Crippen molar-refractivity contribution >= 4 is 39.5 Å². The van der Waals surface area contributed by atoms with Crippen LogP contribution in [0.3, 0.4) is 0 Å². The third-order valence-electron chi connectivity index (χ3n) is 16.4. The van der Waals surface area contributed by atoms with Gasteiger partial charge in [-0.15, -0.1) is 0 Å². The highest BCUT2D eigenvalue weighted by molar-refractivity contribution is 7.47. The molecule has 0 aliphatic carbocycles. The zero-order valence-corrected chi connectivity index (χ0v) is 60.4. The highest BCUT2D eigenvalue weighted by Crippen LogP contribution is 2.45. The fourth-order valence-corrected chi connectivity index (χ4v) is 12.3. The topological polar surface area (TPSA) is 237 Å². The van der Waals surface area contributed by atoms with E-state index in [1.54, 1.807) is 0 Å². The molecule has 0 aromatic heterocycles. The molecule has 0 amide bonds. The fraction of sp³-hybridized carbons (Fsp3) is 0.944. The minimum atomic E-state index is -4.95. The van der Waals surface area contributed by atoms with Crippen molar-refractivity contribution in [2.45, 2.75) is 375 Å². The van der Waals surface area contributed by atoms with Crippen LogP contribution in [0.1, 0.15) is 357 Å². The van der Waals surface area contributed by atoms with E-state index in [4.69, 9.17) is 37.0 Å². The fourth-order valence-electron chi connectivity index (χ4n) is 10.7. The molecule has 0 rings (SSSR count). The Hall–Kier alpha value is -1.94. The lowest BCUT2D eigenvalue weighted by Crippen LogP contribution is -2.30. The maximum absolute atomic E-state index is 13.0. The Kier molecular flexibility index (Phi) is 60.6. The van der Waals surface area contributed by atoms with Gasteiger partial charge >= 0.3 is 39.5 Å². The van der Waals surface area contributed by atoms with Gasteiger partial charge in [-0.1, -0.05) is 305 Å². The number of phosphoric acid groups is 2. The SMILES string of the molecule is CCCCCCCCCCCCCC(=O)O[C@H](COC(=O)CCCCCCCCC(C)C)COP(=O)(O)OC[C@H](O)COP(=O)(O)OC[C@@H](COC(=O)CCCCCCCCCCC(C)C)OC(=O)CCCCCCCCCCCCCCCCCCC(C)C. The third kappa shape index (κ3) is 64.8. The number of phosphoric ester groups is 2. The Morgan fingerprint density at radius 2 is 0.511 bits per heavy atom. The Morgan fingerprint density at radius 1 is 0.300 bits per heavy atom. The number of hydrogen-bond acceptors (Lipinski definition) is 15. The van der Waals surface area contributed by atoms with Crippen molar-refractivity contribution in [2.24, 2.45) is 17.8 Å². The van der Waals surface area contributed by atoms with Gasteiger partial charge in [0.05, 0.1) is 26.4 Å². The van der Waals surface area contributed by atoms with Gasteiger partial charge in [-0.05, 0) is 43.4 Å². The van der Waals surface area contributed by atoms with Crippen molar-refractivity contribution in [2.75, 3.05) is 39.6 Å². The molecule has 90 heavy (non-hydrogen) atoms. The van der Waals surface area contributed by atoms with Crippen LogP contribution >= 0.6 is 15.6 Å². The van der Waals surface area contributed by atoms with E-state index in [0.717, 1.165) is 108 Å². The quantitative estimate of drug-likeness (QED) is 0.0222. The first-order valence-electron chi connectivity index (χ1n) is 36.8. The summed E-state index contributed by atoms with van der Waals surface area (Å²) < 4.78 is 68.2. The zero-order valence-electron chi connectivity index (χ0n) is 58.6. The first kappa shape index (κ1) is 88.1. The zero-order chi connectivity index (χ0) is 66.6. The van der Waals surface area contributed by atoms with Crippen molar-refractivity contribution in [3.8, 4) is 0 Å². The highest BCUT2D eigenvalue weighted by Gasteiger charge is 2.30. The van der Waals surface area contributed by atoms with Crippen LogP contribution in [0, 0.1) is 17.8 Å². The number of esters is 4. The van der Waals surface area contributed by atoms with Crippen LogP contribution in [0.2, 0.25) is 0 Å². The molecule has 0 bridgehead atoms. The first-order valence-corrected chi connectivity index (χ1v) is 39.8. The molecule has 0 radical (unpaired) electrons. The average molecular weight is 1330 g/mol. The molecule has 0 fully saturated rings. The molecule has 5 atom stereocenters. The molecule has 2 unspecified atom stereocenters. The van der Waals surface area contributed by atoms with Crippen molar-refractivity contribution in [3.05, 3.63) is 0 Å². The van der Waals surface area contributed by atoms with Gasteiger partial charge in [-0.2, -0.15) is 0 Å². The number of hydrogen-bond donors (Lipinski definition) is 3. The van der Waals surface area contributed by atoms with Crippen molar-refractivity contribution < 1.29 is 80.2 Å². The average Bonchev–Trinajstić information content (AvgIpc) is 3.15. The number of aliphatic hydroxyl groups is 1. The summed E-state index contributed by atoms with van der Waals surface area (Å²) >= 11 is 0. The van der Waals surface area contributed by atoms with E-state index in [9.17, 15) is 43.2 Å². The van der Waals surface area contributed by atoms with Crippen LogP contribution in [0.15, 0.2) is 0 Å². The second kappa shape index (κ2) is 61.9. The maximum atomic E-state index is 13.0. The lowest BCUT2D eigenvalue weighted by atomic mass is 10.0. The number of carbonyl (C=O) groups is 4. The Labute approximate surface area is 549 Å². The molecule has 534 valence electrons. The monoisotopic (exact) mass is 1320 g/mol. The van der Waals surface area contributed by atoms with Crippen LogP contribution in [0.4, 0.5) is 0 Å². The van der Waals surface area contributed by atoms with Crippen LogP contribution in [0.25, 0.3) is 0 Å². The lowest BCUT2D eigenvalue weighted by Gasteiger charge is -2.21. The second-order valence-corrected chi connectivity index (χ2v) is 30.0. The molecule has 0 aromatic carbocycles. The first-order chi connectivity index (χ1) is 43.2. The van der Waals surface area contributed by atoms with Gasteiger partial charge in [-0.3, -0.25) is 37.3 Å². The molecule has 0 saturated heterocycles. The summed E-state index contributed by atoms with van der Waals surface area (Å²) in [5.41, 5.74) is 0. The van der Waals surface area contributed by atoms with Crippen molar-refractivity contribution in [1.82, 2.24) is 0 Å². The van der Waals surface area contributed by atoms with Gasteiger partial charge in [0.1, 0.15) is 19.3 Å². The van der Waals surface area contributed by atoms with Crippen molar-refractivity contribution in [1.29, 1.82) is 0 Å². The van der Waals surface area contributed by atoms with Crippen LogP contribution in [-0.4, -0.2) is 96.7 Å². The summed E-state index contributed by atoms with van der Waals surface area (Å²) in [6, 6.07) is 0. The molecule has 0 aliphatic rings. The van der Waals surface area contributed by atoms with Gasteiger partial charge in [-0.25, -0.2) is 9.13 Å². The standard InChI is InChI=1S/C71H138O17P2/c1-8-9-10-11-12-13-20-24-31-40-47-54-70(75)88-67(59-82-69(74)53-46-39-34-33-37-44-51-64(6)7)61-86-90(79,80)84-57-65(72)56-83-89(77,78)85-60-66(58-81-68(73)52-45-38-30-27-26-29-36-43-50-63(4)5)87-71(76)55-48-41-32-25-22-19-17-15-14-16-18-21-23-28-35-42-49-62(2)3/h62-67,72H,8-61H2,1-7H3,(H,77,78)(H,79,80)/t65-,66-,67-/m1/s1.